The lowest BCUT2D eigenvalue weighted by molar-refractivity contribution is 0.297. The van der Waals surface area contributed by atoms with Gasteiger partial charge in [-0.3, -0.25) is 0 Å². The van der Waals surface area contributed by atoms with Crippen molar-refractivity contribution in [1.29, 1.82) is 0 Å². The zero-order chi connectivity index (χ0) is 5.56. The van der Waals surface area contributed by atoms with Crippen LogP contribution in [0.2, 0.25) is 0 Å². The van der Waals surface area contributed by atoms with E-state index in [-0.39, 0.29) is 0 Å². The van der Waals surface area contributed by atoms with E-state index in [9.17, 15) is 0 Å². The van der Waals surface area contributed by atoms with E-state index in [1.807, 2.05) is 0 Å². The van der Waals surface area contributed by atoms with Gasteiger partial charge in [-0.1, -0.05) is 0 Å². The first kappa shape index (κ1) is 4.77. The number of rotatable bonds is 0. The lowest BCUT2D eigenvalue weighted by Crippen LogP contribution is -2.51. The minimum Gasteiger partial charge on any atom is -0.312 e. The van der Waals surface area contributed by atoms with E-state index in [4.69, 9.17) is 0 Å². The summed E-state index contributed by atoms with van der Waals surface area (Å²) in [6.45, 7) is 3.84. The van der Waals surface area contributed by atoms with E-state index in [2.05, 4.69) is 17.3 Å². The number of hydrogen-bond donors (Lipinski definition) is 1. The van der Waals surface area contributed by atoms with Crippen LogP contribution in [0, 0.1) is 5.92 Å². The third kappa shape index (κ3) is 0.501. The number of likely N-dealkylation sites (tertiary alicyclic amines) is 1. The molecule has 2 rings (SSSR count). The number of hydrogen-bond acceptors (Lipinski definition) is 2. The molecule has 0 bridgehead atoms. The summed E-state index contributed by atoms with van der Waals surface area (Å²) in [5.74, 6) is 0.986. The van der Waals surface area contributed by atoms with Gasteiger partial charge in [0.1, 0.15) is 0 Å². The summed E-state index contributed by atoms with van der Waals surface area (Å²) in [6, 6.07) is 0.847. The maximum atomic E-state index is 3.40. The van der Waals surface area contributed by atoms with Gasteiger partial charge >= 0.3 is 0 Å². The summed E-state index contributed by atoms with van der Waals surface area (Å²) < 4.78 is 0. The average Bonchev–Trinajstić information content (AvgIpc) is 1.91. The fraction of sp³-hybridized carbons (Fsp3) is 1.00. The van der Waals surface area contributed by atoms with Crippen LogP contribution in [0.5, 0.6) is 0 Å². The van der Waals surface area contributed by atoms with Gasteiger partial charge in [0.05, 0.1) is 0 Å². The van der Waals surface area contributed by atoms with Gasteiger partial charge in [0.25, 0.3) is 0 Å². The molecule has 2 unspecified atom stereocenters. The molecule has 2 aliphatic rings. The van der Waals surface area contributed by atoms with E-state index in [1.54, 1.807) is 0 Å². The summed E-state index contributed by atoms with van der Waals surface area (Å²) in [5.41, 5.74) is 0. The van der Waals surface area contributed by atoms with Crippen LogP contribution in [0.3, 0.4) is 0 Å². The molecule has 0 saturated carbocycles. The van der Waals surface area contributed by atoms with E-state index >= 15 is 0 Å². The Bertz CT molecular complexity index is 90.7. The fourth-order valence-electron chi connectivity index (χ4n) is 1.67. The third-order valence-corrected chi connectivity index (χ3v) is 2.27. The van der Waals surface area contributed by atoms with Gasteiger partial charge in [-0.25, -0.2) is 0 Å². The lowest BCUT2D eigenvalue weighted by atomic mass is 9.96. The topological polar surface area (TPSA) is 15.3 Å². The number of nitrogens with zero attached hydrogens (tertiary/aromatic N) is 1. The summed E-state index contributed by atoms with van der Waals surface area (Å²) in [6.07, 6.45) is 0. The highest BCUT2D eigenvalue weighted by Gasteiger charge is 2.36. The molecule has 2 nitrogen and oxygen atoms in total. The Morgan fingerprint density at radius 2 is 2.38 bits per heavy atom. The van der Waals surface area contributed by atoms with Crippen LogP contribution in [0.4, 0.5) is 0 Å². The Morgan fingerprint density at radius 1 is 1.50 bits per heavy atom. The largest absolute Gasteiger partial charge is 0.312 e. The normalized spacial score (nSPS) is 46.1. The summed E-state index contributed by atoms with van der Waals surface area (Å²) >= 11 is 0. The average molecular weight is 112 g/mol. The van der Waals surface area contributed by atoms with Crippen molar-refractivity contribution in [3.05, 3.63) is 0 Å². The van der Waals surface area contributed by atoms with Crippen LogP contribution >= 0.6 is 0 Å². The molecular formula is C6H12N2. The molecule has 0 amide bonds. The quantitative estimate of drug-likeness (QED) is 0.455. The van der Waals surface area contributed by atoms with Gasteiger partial charge in [0, 0.05) is 31.6 Å². The first-order valence-electron chi connectivity index (χ1n) is 3.28. The zero-order valence-electron chi connectivity index (χ0n) is 5.22. The van der Waals surface area contributed by atoms with Crippen molar-refractivity contribution in [3.63, 3.8) is 0 Å². The Kier molecular flexibility index (Phi) is 0.866. The Balaban J connectivity index is 2.00. The van der Waals surface area contributed by atoms with E-state index in [0.29, 0.717) is 0 Å². The summed E-state index contributed by atoms with van der Waals surface area (Å²) in [7, 11) is 2.19. The van der Waals surface area contributed by atoms with Gasteiger partial charge < -0.3 is 10.2 Å². The molecular weight excluding hydrogens is 100 g/mol. The second-order valence-corrected chi connectivity index (χ2v) is 3.00. The Morgan fingerprint density at radius 3 is 2.62 bits per heavy atom. The molecule has 0 radical (unpaired) electrons. The van der Waals surface area contributed by atoms with Crippen molar-refractivity contribution >= 4 is 0 Å². The molecule has 0 aromatic heterocycles. The molecule has 2 saturated heterocycles. The van der Waals surface area contributed by atoms with Gasteiger partial charge in [-0.2, -0.15) is 0 Å². The molecule has 2 heterocycles. The molecule has 0 aromatic carbocycles. The van der Waals surface area contributed by atoms with Crippen LogP contribution in [0.25, 0.3) is 0 Å². The number of fused-ring (bicyclic) bond motifs is 1. The maximum absolute atomic E-state index is 3.40. The molecule has 1 N–H and O–H groups in total. The highest BCUT2D eigenvalue weighted by molar-refractivity contribution is 4.96. The van der Waals surface area contributed by atoms with E-state index in [0.717, 1.165) is 12.0 Å². The van der Waals surface area contributed by atoms with Gasteiger partial charge in [-0.15, -0.1) is 0 Å². The van der Waals surface area contributed by atoms with Crippen LogP contribution < -0.4 is 5.32 Å². The standard InChI is InChI=1S/C6H12N2/c1-8-3-5-2-7-6(5)4-8/h5-7H,2-4H2,1H3. The third-order valence-electron chi connectivity index (χ3n) is 2.27. The highest BCUT2D eigenvalue weighted by Crippen LogP contribution is 2.21. The van der Waals surface area contributed by atoms with Crippen molar-refractivity contribution < 1.29 is 0 Å². The van der Waals surface area contributed by atoms with Crippen molar-refractivity contribution in [3.8, 4) is 0 Å². The molecule has 2 atom stereocenters. The number of nitrogens with one attached hydrogen (secondary N) is 1. The second-order valence-electron chi connectivity index (χ2n) is 3.00. The van der Waals surface area contributed by atoms with Crippen molar-refractivity contribution in [2.24, 2.45) is 5.92 Å². The van der Waals surface area contributed by atoms with E-state index in [1.165, 1.54) is 19.6 Å². The van der Waals surface area contributed by atoms with Crippen molar-refractivity contribution in [1.82, 2.24) is 10.2 Å². The molecule has 2 fully saturated rings. The van der Waals surface area contributed by atoms with Crippen LogP contribution in [0.15, 0.2) is 0 Å². The first-order valence-corrected chi connectivity index (χ1v) is 3.28. The van der Waals surface area contributed by atoms with Gasteiger partial charge in [0.15, 0.2) is 0 Å². The highest BCUT2D eigenvalue weighted by atomic mass is 15.2. The number of likely N-dealkylation sites (N-methyl/N-ethyl adjacent to an activating group) is 1. The smallest absolute Gasteiger partial charge is 0.0247 e. The maximum Gasteiger partial charge on any atom is 0.0247 e. The first-order chi connectivity index (χ1) is 3.86. The van der Waals surface area contributed by atoms with Gasteiger partial charge in [0.2, 0.25) is 0 Å². The van der Waals surface area contributed by atoms with Crippen LogP contribution in [0.1, 0.15) is 0 Å². The lowest BCUT2D eigenvalue weighted by Gasteiger charge is -2.30. The van der Waals surface area contributed by atoms with Gasteiger partial charge in [-0.05, 0) is 7.05 Å². The predicted octanol–water partition coefficient (Wildman–Crippen LogP) is -0.480. The van der Waals surface area contributed by atoms with Crippen LogP contribution in [-0.4, -0.2) is 37.6 Å². The van der Waals surface area contributed by atoms with Crippen LogP contribution in [-0.2, 0) is 0 Å². The molecule has 2 heteroatoms. The molecule has 2 aliphatic heterocycles. The monoisotopic (exact) mass is 112 g/mol. The molecule has 8 heavy (non-hydrogen) atoms. The predicted molar refractivity (Wildman–Crippen MR) is 32.8 cm³/mol. The van der Waals surface area contributed by atoms with Crippen molar-refractivity contribution in [2.75, 3.05) is 26.7 Å². The summed E-state index contributed by atoms with van der Waals surface area (Å²) in [5, 5.41) is 3.40. The SMILES string of the molecule is CN1CC2CNC2C1. The second kappa shape index (κ2) is 1.45. The molecule has 46 valence electrons. The zero-order valence-corrected chi connectivity index (χ0v) is 5.22. The molecule has 0 aliphatic carbocycles. The minimum atomic E-state index is 0.847. The molecule has 0 spiro atoms. The minimum absolute atomic E-state index is 0.847. The van der Waals surface area contributed by atoms with Crippen molar-refractivity contribution in [2.45, 2.75) is 6.04 Å². The molecule has 0 aromatic rings. The Labute approximate surface area is 49.9 Å². The Hall–Kier alpha value is -0.0800. The summed E-state index contributed by atoms with van der Waals surface area (Å²) in [4.78, 5) is 2.40. The fourth-order valence-corrected chi connectivity index (χ4v) is 1.67. The van der Waals surface area contributed by atoms with E-state index < -0.39 is 0 Å².